The Bertz CT molecular complexity index is 3490. The molecule has 5 nitrogen and oxygen atoms in total. The van der Waals surface area contributed by atoms with Crippen LogP contribution < -0.4 is 0 Å². The third-order valence-corrected chi connectivity index (χ3v) is 16.9. The number of fused-ring (bicyclic) bond motifs is 6. The number of quaternary nitrogens is 1. The molecular weight excluding hydrogens is 995 g/mol. The summed E-state index contributed by atoms with van der Waals surface area (Å²) >= 11 is 0. The minimum Gasteiger partial charge on any atom is -0.374 e. The number of aromatic nitrogens is 2. The molecule has 0 fully saturated rings. The first-order chi connectivity index (χ1) is 37.1. The molecule has 0 radical (unpaired) electrons. The van der Waals surface area contributed by atoms with E-state index in [1.54, 1.807) is 0 Å². The molecule has 0 saturated carbocycles. The Labute approximate surface area is 438 Å². The van der Waals surface area contributed by atoms with Crippen molar-refractivity contribution in [1.29, 1.82) is 0 Å². The van der Waals surface area contributed by atoms with Gasteiger partial charge >= 0.3 is 0 Å². The van der Waals surface area contributed by atoms with Gasteiger partial charge in [0.05, 0.1) is 22.8 Å². The van der Waals surface area contributed by atoms with Crippen molar-refractivity contribution >= 4 is 21.5 Å². The molecule has 2 aliphatic carbocycles. The molecule has 13 heteroatoms. The minimum absolute atomic E-state index is 0.195. The van der Waals surface area contributed by atoms with Crippen LogP contribution in [0, 0.1) is 46.5 Å². The molecule has 2 N–H and O–H groups in total. The number of pyridine rings is 2. The maximum atomic E-state index is 15.8. The van der Waals surface area contributed by atoms with Gasteiger partial charge in [-0.25, -0.2) is 35.1 Å². The minimum atomic E-state index is -2.78. The van der Waals surface area contributed by atoms with Crippen molar-refractivity contribution in [2.45, 2.75) is 101 Å². The van der Waals surface area contributed by atoms with Crippen LogP contribution in [0.25, 0.3) is 21.5 Å². The quantitative estimate of drug-likeness (QED) is 0.0989. The van der Waals surface area contributed by atoms with Gasteiger partial charge in [0.25, 0.3) is 0 Å². The van der Waals surface area contributed by atoms with Gasteiger partial charge in [0, 0.05) is 58.4 Å². The molecule has 6 aliphatic heterocycles. The van der Waals surface area contributed by atoms with Gasteiger partial charge in [0.2, 0.25) is 0 Å². The van der Waals surface area contributed by atoms with Crippen LogP contribution >= 0.6 is 0 Å². The predicted molar refractivity (Wildman–Crippen MR) is 275 cm³/mol. The second kappa shape index (κ2) is 18.4. The fraction of sp³-hybridized carbons (Fsp3) is 0.250. The lowest BCUT2D eigenvalue weighted by Gasteiger charge is -2.43. The van der Waals surface area contributed by atoms with Crippen molar-refractivity contribution in [3.8, 4) is 0 Å². The lowest BCUT2D eigenvalue weighted by Crippen LogP contribution is -2.44. The summed E-state index contributed by atoms with van der Waals surface area (Å²) in [5, 5.41) is 32.2. The Balaban J connectivity index is 1.18. The molecule has 8 aliphatic rings. The molecule has 8 heterocycles. The summed E-state index contributed by atoms with van der Waals surface area (Å²) in [5.74, 6) is -10.4. The molecule has 1 spiro atoms. The smallest absolute Gasteiger partial charge is 0.158 e. The highest BCUT2D eigenvalue weighted by Crippen LogP contribution is 2.54. The topological polar surface area (TPSA) is 66.2 Å². The molecule has 0 saturated heterocycles. The van der Waals surface area contributed by atoms with Crippen molar-refractivity contribution in [3.05, 3.63) is 258 Å². The molecule has 17 rings (SSSR count). The Kier molecular flexibility index (Phi) is 11.8. The van der Waals surface area contributed by atoms with Gasteiger partial charge in [-0.15, -0.1) is 0 Å². The van der Waals surface area contributed by atoms with Crippen molar-refractivity contribution in [3.63, 3.8) is 0 Å². The zero-order chi connectivity index (χ0) is 53.1. The largest absolute Gasteiger partial charge is 0.374 e. The summed E-state index contributed by atoms with van der Waals surface area (Å²) in [5.41, 5.74) is -2.39. The van der Waals surface area contributed by atoms with E-state index >= 15 is 35.1 Å². The molecule has 77 heavy (non-hydrogen) atoms. The lowest BCUT2D eigenvalue weighted by atomic mass is 9.70. The van der Waals surface area contributed by atoms with Crippen molar-refractivity contribution in [2.24, 2.45) is 0 Å². The van der Waals surface area contributed by atoms with Crippen LogP contribution in [0.1, 0.15) is 142 Å². The van der Waals surface area contributed by atoms with E-state index in [0.717, 1.165) is 112 Å². The Morgan fingerprint density at radius 1 is 0.377 bits per heavy atom. The number of hydrogen-bond donors (Lipinski definition) is 2. The summed E-state index contributed by atoms with van der Waals surface area (Å²) in [7, 11) is 0. The van der Waals surface area contributed by atoms with Crippen LogP contribution in [-0.4, -0.2) is 24.7 Å². The van der Waals surface area contributed by atoms with E-state index in [-0.39, 0.29) is 28.9 Å². The van der Waals surface area contributed by atoms with Gasteiger partial charge in [0.15, 0.2) is 11.2 Å². The summed E-state index contributed by atoms with van der Waals surface area (Å²) in [6, 6.07) is 30.2. The molecule has 0 unspecified atom stereocenters. The average Bonchev–Trinajstić information content (AvgIpc) is 3.77. The maximum absolute atomic E-state index is 15.8. The second-order valence-corrected chi connectivity index (χ2v) is 21.8. The molecule has 0 amide bonds. The first-order valence-electron chi connectivity index (χ1n) is 26.2. The lowest BCUT2D eigenvalue weighted by molar-refractivity contribution is -0.972. The summed E-state index contributed by atoms with van der Waals surface area (Å²) in [4.78, 5) is 11.1. The highest BCUT2D eigenvalue weighted by atomic mass is 19.2. The average molecular weight is 1050 g/mol. The number of benzene rings is 7. The van der Waals surface area contributed by atoms with E-state index in [2.05, 4.69) is 24.3 Å². The van der Waals surface area contributed by atoms with Crippen LogP contribution in [0.15, 0.2) is 133 Å². The zero-order valence-corrected chi connectivity index (χ0v) is 41.6. The molecular formula is C64H50F8N3O2+. The van der Waals surface area contributed by atoms with Crippen molar-refractivity contribution < 1.29 is 49.8 Å². The van der Waals surface area contributed by atoms with Crippen molar-refractivity contribution in [1.82, 2.24) is 9.97 Å². The van der Waals surface area contributed by atoms with Crippen LogP contribution in [-0.2, 0) is 37.4 Å². The highest BCUT2D eigenvalue weighted by Gasteiger charge is 2.50. The van der Waals surface area contributed by atoms with E-state index in [4.69, 9.17) is 9.97 Å². The van der Waals surface area contributed by atoms with E-state index in [1.807, 2.05) is 36.4 Å². The molecule has 8 bridgehead atoms. The van der Waals surface area contributed by atoms with Crippen LogP contribution in [0.4, 0.5) is 35.1 Å². The number of halogens is 8. The monoisotopic (exact) mass is 1040 g/mol. The molecule has 0 atom stereocenters. The fourth-order valence-electron chi connectivity index (χ4n) is 13.7. The van der Waals surface area contributed by atoms with Gasteiger partial charge in [-0.2, -0.15) is 0 Å². The molecule has 7 aromatic carbocycles. The number of rotatable bonds is 6. The number of hydrogen-bond acceptors (Lipinski definition) is 4. The zero-order valence-electron chi connectivity index (χ0n) is 41.6. The summed E-state index contributed by atoms with van der Waals surface area (Å²) in [6.07, 6.45) is 5.06. The molecule has 9 aromatic rings. The molecule has 388 valence electrons. The SMILES string of the molecule is OC(c1cc(F)cc(F)c1)(c1cc(F)cc(F)c1)c1nc2c3cc1C1CCCCCCCCC2c2nc(C(O)(c4cc(F)cc(F)c4)c4cc(F)cc(F)c4)c1cc2C[N+]1(C3)Cc2c(c3ccccc3c3ccccc23)C1. The van der Waals surface area contributed by atoms with E-state index in [9.17, 15) is 10.2 Å². The number of aliphatic hydroxyl groups is 2. The summed E-state index contributed by atoms with van der Waals surface area (Å²) in [6.45, 7) is 1.91. The Hall–Kier alpha value is -7.32. The standard InChI is InChI=1S/C64H50F8N3O2/c65-41-19-37(20-42(66)27-41)63(76,38-21-43(67)28-44(68)22-38)61-55-17-35-31-75(33-57-51-14-9-7-12-49(51)50-13-8-10-15-52(50)58(57)34-75)32-36-18-56-53(55)11-5-3-1-2-4-6-16-54(59(35)73-61)60(36)74-62(56)64(77,39-23-45(69)29-46(70)24-39)40-25-47(71)30-48(72)26-40/h7-10,12-15,17-30,53-54,76-77H,1-6,11,16,31-34H2/q+1. The van der Waals surface area contributed by atoms with E-state index in [1.165, 1.54) is 0 Å². The first kappa shape index (κ1) is 49.3. The third kappa shape index (κ3) is 8.14. The van der Waals surface area contributed by atoms with Crippen molar-refractivity contribution in [2.75, 3.05) is 0 Å². The van der Waals surface area contributed by atoms with Gasteiger partial charge in [-0.3, -0.25) is 9.97 Å². The van der Waals surface area contributed by atoms with Gasteiger partial charge < -0.3 is 14.7 Å². The maximum Gasteiger partial charge on any atom is 0.158 e. The normalized spacial score (nSPS) is 18.0. The van der Waals surface area contributed by atoms with E-state index < -0.39 is 91.8 Å². The van der Waals surface area contributed by atoms with Gasteiger partial charge in [0.1, 0.15) is 72.7 Å². The number of nitrogens with zero attached hydrogens (tertiary/aromatic N) is 3. The summed E-state index contributed by atoms with van der Waals surface area (Å²) < 4.78 is 126. The Morgan fingerprint density at radius 3 is 1.04 bits per heavy atom. The second-order valence-electron chi connectivity index (χ2n) is 21.8. The van der Waals surface area contributed by atoms with Crippen LogP contribution in [0.5, 0.6) is 0 Å². The van der Waals surface area contributed by atoms with Crippen LogP contribution in [0.3, 0.4) is 0 Å². The third-order valence-electron chi connectivity index (χ3n) is 16.9. The van der Waals surface area contributed by atoms with Crippen LogP contribution in [0.2, 0.25) is 0 Å². The predicted octanol–water partition coefficient (Wildman–Crippen LogP) is 14.7. The Morgan fingerprint density at radius 2 is 0.688 bits per heavy atom. The first-order valence-corrected chi connectivity index (χ1v) is 26.2. The highest BCUT2D eigenvalue weighted by molar-refractivity contribution is 6.10. The molecule has 2 aromatic heterocycles. The fourth-order valence-corrected chi connectivity index (χ4v) is 13.7. The van der Waals surface area contributed by atoms with Gasteiger partial charge in [-0.1, -0.05) is 87.1 Å². The van der Waals surface area contributed by atoms with Gasteiger partial charge in [-0.05, 0) is 128 Å². The van der Waals surface area contributed by atoms with E-state index in [0.29, 0.717) is 92.0 Å².